The first kappa shape index (κ1) is 15.7. The van der Waals surface area contributed by atoms with Crippen LogP contribution in [0.3, 0.4) is 0 Å². The van der Waals surface area contributed by atoms with Gasteiger partial charge in [-0.15, -0.1) is 11.3 Å². The second-order valence-corrected chi connectivity index (χ2v) is 5.38. The molecule has 0 aliphatic carbocycles. The van der Waals surface area contributed by atoms with Crippen LogP contribution in [0.4, 0.5) is 0 Å². The summed E-state index contributed by atoms with van der Waals surface area (Å²) in [6.07, 6.45) is 0.00102. The molecule has 0 aliphatic heterocycles. The van der Waals surface area contributed by atoms with E-state index in [2.05, 4.69) is 0 Å². The minimum Gasteiger partial charge on any atom is -0.466 e. The molecular formula is C14H20O4S. The number of hydrogen-bond donors (Lipinski definition) is 0. The first-order valence-corrected chi connectivity index (χ1v) is 7.21. The van der Waals surface area contributed by atoms with Crippen LogP contribution in [0.2, 0.25) is 0 Å². The summed E-state index contributed by atoms with van der Waals surface area (Å²) in [7, 11) is 0. The lowest BCUT2D eigenvalue weighted by atomic mass is 9.83. The summed E-state index contributed by atoms with van der Waals surface area (Å²) in [5, 5.41) is 1.91. The lowest BCUT2D eigenvalue weighted by molar-refractivity contribution is -0.156. The average Bonchev–Trinajstić information content (AvgIpc) is 2.76. The van der Waals surface area contributed by atoms with Crippen molar-refractivity contribution in [3.05, 3.63) is 21.9 Å². The SMILES string of the molecule is CCOC(=O)CC(C)(C(=O)OCC)c1sccc1C. The highest BCUT2D eigenvalue weighted by atomic mass is 32.1. The number of esters is 2. The second-order valence-electron chi connectivity index (χ2n) is 4.47. The standard InChI is InChI=1S/C14H20O4S/c1-5-17-11(15)9-14(4,13(16)18-6-2)12-10(3)7-8-19-12/h7-8H,5-6,9H2,1-4H3. The molecule has 5 heteroatoms. The molecule has 0 saturated carbocycles. The first-order chi connectivity index (χ1) is 8.95. The number of carbonyl (C=O) groups is 2. The molecule has 0 fully saturated rings. The Morgan fingerprint density at radius 1 is 1.26 bits per heavy atom. The topological polar surface area (TPSA) is 52.6 Å². The molecule has 0 saturated heterocycles. The van der Waals surface area contributed by atoms with Gasteiger partial charge in [-0.1, -0.05) is 0 Å². The van der Waals surface area contributed by atoms with Crippen LogP contribution >= 0.6 is 11.3 Å². The summed E-state index contributed by atoms with van der Waals surface area (Å²) in [5.41, 5.74) is 0.0189. The van der Waals surface area contributed by atoms with Gasteiger partial charge >= 0.3 is 11.9 Å². The van der Waals surface area contributed by atoms with Crippen molar-refractivity contribution in [2.24, 2.45) is 0 Å². The summed E-state index contributed by atoms with van der Waals surface area (Å²) < 4.78 is 10.1. The van der Waals surface area contributed by atoms with E-state index < -0.39 is 5.41 Å². The number of ether oxygens (including phenoxy) is 2. The molecule has 1 aromatic heterocycles. The maximum absolute atomic E-state index is 12.2. The van der Waals surface area contributed by atoms with Gasteiger partial charge in [-0.3, -0.25) is 9.59 Å². The third-order valence-corrected chi connectivity index (χ3v) is 4.17. The Labute approximate surface area is 117 Å². The Kier molecular flexibility index (Phi) is 5.54. The Balaban J connectivity index is 3.07. The predicted octanol–water partition coefficient (Wildman–Crippen LogP) is 2.83. The van der Waals surface area contributed by atoms with Crippen molar-refractivity contribution >= 4 is 23.3 Å². The van der Waals surface area contributed by atoms with Crippen LogP contribution in [0.15, 0.2) is 11.4 Å². The smallest absolute Gasteiger partial charge is 0.317 e. The van der Waals surface area contributed by atoms with Crippen molar-refractivity contribution < 1.29 is 19.1 Å². The summed E-state index contributed by atoms with van der Waals surface area (Å²) in [6, 6.07) is 1.93. The van der Waals surface area contributed by atoms with Gasteiger partial charge in [-0.2, -0.15) is 0 Å². The Morgan fingerprint density at radius 3 is 2.37 bits per heavy atom. The molecule has 0 aliphatic rings. The van der Waals surface area contributed by atoms with E-state index in [1.54, 1.807) is 20.8 Å². The fourth-order valence-electron chi connectivity index (χ4n) is 1.97. The van der Waals surface area contributed by atoms with Crippen LogP contribution in [-0.2, 0) is 24.5 Å². The zero-order valence-electron chi connectivity index (χ0n) is 11.8. The second kappa shape index (κ2) is 6.70. The van der Waals surface area contributed by atoms with Crippen molar-refractivity contribution in [1.82, 2.24) is 0 Å². The molecule has 0 aromatic carbocycles. The normalized spacial score (nSPS) is 13.7. The van der Waals surface area contributed by atoms with Crippen LogP contribution < -0.4 is 0 Å². The monoisotopic (exact) mass is 284 g/mol. The van der Waals surface area contributed by atoms with Crippen molar-refractivity contribution in [2.75, 3.05) is 13.2 Å². The van der Waals surface area contributed by atoms with Crippen LogP contribution in [0.5, 0.6) is 0 Å². The number of aryl methyl sites for hydroxylation is 1. The van der Waals surface area contributed by atoms with Crippen LogP contribution in [0.25, 0.3) is 0 Å². The molecule has 1 unspecified atom stereocenters. The fourth-order valence-corrected chi connectivity index (χ4v) is 3.05. The van der Waals surface area contributed by atoms with Crippen molar-refractivity contribution in [3.8, 4) is 0 Å². The lowest BCUT2D eigenvalue weighted by Crippen LogP contribution is -2.37. The predicted molar refractivity (Wildman–Crippen MR) is 74.3 cm³/mol. The third kappa shape index (κ3) is 3.56. The van der Waals surface area contributed by atoms with E-state index in [0.29, 0.717) is 13.2 Å². The minimum atomic E-state index is -0.972. The maximum atomic E-state index is 12.2. The number of hydrogen-bond acceptors (Lipinski definition) is 5. The van der Waals surface area contributed by atoms with Crippen molar-refractivity contribution in [3.63, 3.8) is 0 Å². The molecule has 4 nitrogen and oxygen atoms in total. The van der Waals surface area contributed by atoms with Gasteiger partial charge in [-0.25, -0.2) is 0 Å². The summed E-state index contributed by atoms with van der Waals surface area (Å²) in [6.45, 7) is 7.76. The number of rotatable bonds is 6. The molecule has 1 heterocycles. The molecule has 106 valence electrons. The van der Waals surface area contributed by atoms with Crippen molar-refractivity contribution in [2.45, 2.75) is 39.5 Å². The fraction of sp³-hybridized carbons (Fsp3) is 0.571. The van der Waals surface area contributed by atoms with E-state index >= 15 is 0 Å². The largest absolute Gasteiger partial charge is 0.466 e. The average molecular weight is 284 g/mol. The van der Waals surface area contributed by atoms with Crippen molar-refractivity contribution in [1.29, 1.82) is 0 Å². The molecule has 1 aromatic rings. The minimum absolute atomic E-state index is 0.00102. The highest BCUT2D eigenvalue weighted by molar-refractivity contribution is 7.10. The molecule has 1 atom stereocenters. The molecule has 0 radical (unpaired) electrons. The summed E-state index contributed by atoms with van der Waals surface area (Å²) >= 11 is 1.46. The molecule has 0 N–H and O–H groups in total. The molecule has 0 bridgehead atoms. The van der Waals surface area contributed by atoms with Crippen LogP contribution in [0, 0.1) is 6.92 Å². The van der Waals surface area contributed by atoms with Gasteiger partial charge < -0.3 is 9.47 Å². The zero-order chi connectivity index (χ0) is 14.5. The Hall–Kier alpha value is -1.36. The molecule has 1 rings (SSSR count). The van der Waals surface area contributed by atoms with Gasteiger partial charge in [0.25, 0.3) is 0 Å². The number of thiophene rings is 1. The van der Waals surface area contributed by atoms with Crippen LogP contribution in [0.1, 0.15) is 37.6 Å². The Bertz CT molecular complexity index is 452. The van der Waals surface area contributed by atoms with Gasteiger partial charge in [0.15, 0.2) is 0 Å². The van der Waals surface area contributed by atoms with Crippen LogP contribution in [-0.4, -0.2) is 25.2 Å². The van der Waals surface area contributed by atoms with Gasteiger partial charge in [0.2, 0.25) is 0 Å². The van der Waals surface area contributed by atoms with Gasteiger partial charge in [-0.05, 0) is 44.7 Å². The van der Waals surface area contributed by atoms with Gasteiger partial charge in [0, 0.05) is 4.88 Å². The molecule has 0 amide bonds. The van der Waals surface area contributed by atoms with E-state index in [-0.39, 0.29) is 18.4 Å². The van der Waals surface area contributed by atoms with E-state index in [9.17, 15) is 9.59 Å². The summed E-state index contributed by atoms with van der Waals surface area (Å²) in [5.74, 6) is -0.764. The third-order valence-electron chi connectivity index (χ3n) is 2.89. The Morgan fingerprint density at radius 2 is 1.89 bits per heavy atom. The summed E-state index contributed by atoms with van der Waals surface area (Å²) in [4.78, 5) is 24.8. The maximum Gasteiger partial charge on any atom is 0.317 e. The first-order valence-electron chi connectivity index (χ1n) is 6.33. The van der Waals surface area contributed by atoms with Gasteiger partial charge in [0.05, 0.1) is 19.6 Å². The lowest BCUT2D eigenvalue weighted by Gasteiger charge is -2.26. The number of carbonyl (C=O) groups excluding carboxylic acids is 2. The molecule has 19 heavy (non-hydrogen) atoms. The zero-order valence-corrected chi connectivity index (χ0v) is 12.6. The molecule has 0 spiro atoms. The quantitative estimate of drug-likeness (QED) is 0.754. The van der Waals surface area contributed by atoms with Gasteiger partial charge in [0.1, 0.15) is 5.41 Å². The molecular weight excluding hydrogens is 264 g/mol. The highest BCUT2D eigenvalue weighted by Gasteiger charge is 2.41. The van der Waals surface area contributed by atoms with E-state index in [1.165, 1.54) is 11.3 Å². The van der Waals surface area contributed by atoms with E-state index in [1.807, 2.05) is 18.4 Å². The highest BCUT2D eigenvalue weighted by Crippen LogP contribution is 2.35. The van der Waals surface area contributed by atoms with E-state index in [0.717, 1.165) is 10.4 Å². The van der Waals surface area contributed by atoms with E-state index in [4.69, 9.17) is 9.47 Å².